The second kappa shape index (κ2) is 35.7. The van der Waals surface area contributed by atoms with Gasteiger partial charge < -0.3 is 36.6 Å². The predicted octanol–water partition coefficient (Wildman–Crippen LogP) is 19.2. The molecule has 117 heavy (non-hydrogen) atoms. The van der Waals surface area contributed by atoms with Gasteiger partial charge in [0.15, 0.2) is 0 Å². The van der Waals surface area contributed by atoms with Crippen LogP contribution in [0.15, 0.2) is 353 Å². The zero-order valence-electron chi connectivity index (χ0n) is 63.3. The average molecular weight is 1540 g/mol. The molecule has 0 bridgehead atoms. The molecule has 8 aromatic heterocycles. The lowest BCUT2D eigenvalue weighted by atomic mass is 10.1. The Morgan fingerprint density at radius 1 is 0.265 bits per heavy atom. The lowest BCUT2D eigenvalue weighted by Crippen LogP contribution is -2.02. The van der Waals surface area contributed by atoms with Gasteiger partial charge in [0.25, 0.3) is 0 Å². The van der Waals surface area contributed by atoms with E-state index in [2.05, 4.69) is 139 Å². The number of ether oxygens (including phenoxy) is 4. The summed E-state index contributed by atoms with van der Waals surface area (Å²) in [6, 6.07) is 103. The van der Waals surface area contributed by atoms with E-state index < -0.39 is 0 Å². The van der Waals surface area contributed by atoms with Crippen molar-refractivity contribution in [2.45, 2.75) is 59.5 Å². The van der Waals surface area contributed by atoms with Gasteiger partial charge in [-0.25, -0.2) is 0 Å². The van der Waals surface area contributed by atoms with Gasteiger partial charge in [-0.3, -0.25) is 18.7 Å². The van der Waals surface area contributed by atoms with Crippen LogP contribution in [0.2, 0.25) is 0 Å². The quantitative estimate of drug-likeness (QED) is 0.0544. The van der Waals surface area contributed by atoms with Gasteiger partial charge in [-0.1, -0.05) is 231 Å². The Morgan fingerprint density at radius 2 is 0.598 bits per heavy atom. The number of para-hydroxylation sites is 5. The first kappa shape index (κ1) is 74.0. The summed E-state index contributed by atoms with van der Waals surface area (Å²) in [4.78, 5) is 0. The monoisotopic (exact) mass is 1540 g/mol. The molecule has 0 spiro atoms. The molecule has 12 aromatic carbocycles. The first-order chi connectivity index (χ1) is 57.9. The van der Waals surface area contributed by atoms with E-state index in [4.69, 9.17) is 57.0 Å². The zero-order valence-corrected chi connectivity index (χ0v) is 63.3. The van der Waals surface area contributed by atoms with Crippen LogP contribution in [0.5, 0.6) is 23.0 Å². The number of rotatable bonds is 24. The van der Waals surface area contributed by atoms with E-state index in [0.717, 1.165) is 139 Å². The third kappa shape index (κ3) is 18.0. The third-order valence-corrected chi connectivity index (χ3v) is 19.2. The van der Waals surface area contributed by atoms with E-state index in [9.17, 15) is 0 Å². The highest BCUT2D eigenvalue weighted by Gasteiger charge is 2.21. The molecule has 0 saturated heterocycles. The molecular weight excluding hydrogens is 1470 g/mol. The maximum absolute atomic E-state index is 6.15. The number of benzene rings is 12. The van der Waals surface area contributed by atoms with Crippen molar-refractivity contribution in [2.75, 3.05) is 0 Å². The topological polar surface area (TPSA) is 264 Å². The second-order valence-electron chi connectivity index (χ2n) is 27.0. The van der Waals surface area contributed by atoms with Crippen LogP contribution in [-0.2, 0) is 52.6 Å². The van der Waals surface area contributed by atoms with Crippen LogP contribution in [0.25, 0.3) is 88.6 Å². The van der Waals surface area contributed by atoms with Crippen molar-refractivity contribution >= 4 is 43.6 Å². The van der Waals surface area contributed by atoms with Crippen LogP contribution in [0.4, 0.5) is 0 Å². The number of aryl methyl sites for hydroxylation is 1. The van der Waals surface area contributed by atoms with Crippen molar-refractivity contribution in [3.05, 3.63) is 386 Å². The number of hydrogen-bond donors (Lipinski definition) is 0. The summed E-state index contributed by atoms with van der Waals surface area (Å²) in [7, 11) is 0. The molecule has 0 amide bonds. The molecule has 0 aliphatic heterocycles. The molecular formula is C93H74N16O8. The molecule has 574 valence electrons. The smallest absolute Gasteiger partial charge is 0.237 e. The largest absolute Gasteiger partial charge is 0.489 e. The van der Waals surface area contributed by atoms with Gasteiger partial charge in [-0.15, -0.1) is 40.8 Å². The Labute approximate surface area is 670 Å². The Kier molecular flexibility index (Phi) is 22.6. The molecule has 0 atom stereocenters. The van der Waals surface area contributed by atoms with Gasteiger partial charge in [0.2, 0.25) is 49.1 Å². The Bertz CT molecular complexity index is 6540. The van der Waals surface area contributed by atoms with E-state index in [1.807, 2.05) is 237 Å². The summed E-state index contributed by atoms with van der Waals surface area (Å²) >= 11 is 0. The van der Waals surface area contributed by atoms with Gasteiger partial charge in [0.1, 0.15) is 98.4 Å². The van der Waals surface area contributed by atoms with Crippen LogP contribution >= 0.6 is 0 Å². The first-order valence-corrected chi connectivity index (χ1v) is 37.8. The van der Waals surface area contributed by atoms with Crippen molar-refractivity contribution in [1.29, 1.82) is 0 Å². The number of aromatic nitrogens is 16. The maximum Gasteiger partial charge on any atom is 0.237 e. The molecule has 20 rings (SSSR count). The minimum absolute atomic E-state index is 0.410. The van der Waals surface area contributed by atoms with E-state index in [1.165, 1.54) is 25.6 Å². The first-order valence-electron chi connectivity index (χ1n) is 37.8. The fourth-order valence-electron chi connectivity index (χ4n) is 13.5. The standard InChI is InChI=1S/C24H20N4O2.3C23H18N4O2/c1-17-11-12-19(13-22(17)29-15-18-7-3-2-4-8-18)24-20-9-5-6-10-21(20)28(27-24)14-23-26-25-16-30-23;1-2-8-17(9-3-1)15-28-21-13-7-5-11-19(21)23-18-10-4-6-12-20(18)27(26-23)14-22-25-24-16-29-22;1-2-7-17(8-3-1)15-28-19-10-6-9-18(13-19)23-20-11-4-5-12-21(20)27(26-23)14-22-25-24-16-29-22;1-2-6-17(7-3-1)15-28-19-12-10-18(11-13-19)23-20-8-4-5-9-21(20)27(26-23)14-22-25-24-16-29-22/h2-13,16H,14-15H2,1H3;3*1-13,16H,14-15H2. The number of fused-ring (bicyclic) bond motifs is 4. The molecule has 8 heterocycles. The lowest BCUT2D eigenvalue weighted by molar-refractivity contribution is 0.304. The molecule has 0 unspecified atom stereocenters. The Morgan fingerprint density at radius 3 is 1.02 bits per heavy atom. The molecule has 0 aliphatic carbocycles. The fourth-order valence-corrected chi connectivity index (χ4v) is 13.5. The summed E-state index contributed by atoms with van der Waals surface area (Å²) in [5.74, 6) is 5.36. The molecule has 0 fully saturated rings. The maximum atomic E-state index is 6.15. The van der Waals surface area contributed by atoms with Gasteiger partial charge in [0, 0.05) is 43.8 Å². The van der Waals surface area contributed by atoms with Crippen molar-refractivity contribution in [3.8, 4) is 68.0 Å². The number of hydrogen-bond acceptors (Lipinski definition) is 20. The molecule has 0 saturated carbocycles. The minimum atomic E-state index is 0.410. The molecule has 20 aromatic rings. The van der Waals surface area contributed by atoms with Crippen LogP contribution in [0.3, 0.4) is 0 Å². The Hall–Kier alpha value is -15.7. The lowest BCUT2D eigenvalue weighted by Gasteiger charge is -2.11. The summed E-state index contributed by atoms with van der Waals surface area (Å²) < 4.78 is 52.9. The zero-order chi connectivity index (χ0) is 78.7. The van der Waals surface area contributed by atoms with Crippen molar-refractivity contribution in [2.24, 2.45) is 0 Å². The molecule has 0 aliphatic rings. The third-order valence-electron chi connectivity index (χ3n) is 19.2. The predicted molar refractivity (Wildman–Crippen MR) is 442 cm³/mol. The fraction of sp³-hybridized carbons (Fsp3) is 0.0968. The van der Waals surface area contributed by atoms with Crippen LogP contribution in [0.1, 0.15) is 51.4 Å². The minimum Gasteiger partial charge on any atom is -0.489 e. The van der Waals surface area contributed by atoms with Crippen LogP contribution in [-0.4, -0.2) is 79.9 Å². The Balaban J connectivity index is 0.000000112. The summed E-state index contributed by atoms with van der Waals surface area (Å²) in [5.41, 5.74) is 17.2. The van der Waals surface area contributed by atoms with Gasteiger partial charge in [-0.2, -0.15) is 20.4 Å². The van der Waals surface area contributed by atoms with Crippen molar-refractivity contribution in [1.82, 2.24) is 79.9 Å². The summed E-state index contributed by atoms with van der Waals surface area (Å²) in [6.07, 6.45) is 5.32. The van der Waals surface area contributed by atoms with E-state index in [-0.39, 0.29) is 0 Å². The normalized spacial score (nSPS) is 11.1. The van der Waals surface area contributed by atoms with Crippen molar-refractivity contribution < 1.29 is 36.6 Å². The van der Waals surface area contributed by atoms with Gasteiger partial charge >= 0.3 is 0 Å². The van der Waals surface area contributed by atoms with E-state index >= 15 is 0 Å². The average Bonchev–Trinajstić information content (AvgIpc) is 1.65. The summed E-state index contributed by atoms with van der Waals surface area (Å²) in [6.45, 7) is 5.83. The van der Waals surface area contributed by atoms with Gasteiger partial charge in [-0.05, 0) is 114 Å². The number of nitrogens with zero attached hydrogens (tertiary/aromatic N) is 16. The second-order valence-corrected chi connectivity index (χ2v) is 27.0. The van der Waals surface area contributed by atoms with Crippen LogP contribution in [0, 0.1) is 6.92 Å². The van der Waals surface area contributed by atoms with E-state index in [1.54, 1.807) is 0 Å². The highest BCUT2D eigenvalue weighted by Crippen LogP contribution is 2.38. The van der Waals surface area contributed by atoms with Crippen molar-refractivity contribution in [3.63, 3.8) is 0 Å². The molecule has 0 N–H and O–H groups in total. The SMILES string of the molecule is Cc1ccc(-c2nn(Cc3nnco3)c3ccccc23)cc1OCc1ccccc1.c1ccc(COc2ccc(-c3nn(Cc4nnco4)c4ccccc34)cc2)cc1.c1ccc(COc2cccc(-c3nn(Cc4nnco4)c4ccccc34)c2)cc1.c1ccc(COc2ccccc2-c2nn(Cc3nnco3)c3ccccc23)cc1. The van der Waals surface area contributed by atoms with Crippen LogP contribution < -0.4 is 18.9 Å². The molecule has 0 radical (unpaired) electrons. The highest BCUT2D eigenvalue weighted by atomic mass is 16.5. The van der Waals surface area contributed by atoms with Gasteiger partial charge in [0.05, 0.1) is 22.1 Å². The highest BCUT2D eigenvalue weighted by molar-refractivity contribution is 5.97. The van der Waals surface area contributed by atoms with E-state index in [0.29, 0.717) is 76.2 Å². The molecule has 24 nitrogen and oxygen atoms in total. The molecule has 24 heteroatoms. The summed E-state index contributed by atoms with van der Waals surface area (Å²) in [5, 5.41) is 54.5.